The van der Waals surface area contributed by atoms with Crippen LogP contribution < -0.4 is 5.32 Å². The van der Waals surface area contributed by atoms with Gasteiger partial charge in [-0.15, -0.1) is 5.10 Å². The highest BCUT2D eigenvalue weighted by atomic mass is 16.4. The second kappa shape index (κ2) is 5.76. The number of aromatic nitrogens is 4. The predicted molar refractivity (Wildman–Crippen MR) is 76.2 cm³/mol. The summed E-state index contributed by atoms with van der Waals surface area (Å²) in [5.41, 5.74) is 1.88. The van der Waals surface area contributed by atoms with E-state index in [9.17, 15) is 0 Å². The average molecular weight is 285 g/mol. The fourth-order valence-electron chi connectivity index (χ4n) is 2.03. The molecule has 108 valence electrons. The van der Waals surface area contributed by atoms with E-state index in [0.29, 0.717) is 18.1 Å². The number of aryl methyl sites for hydroxylation is 1. The van der Waals surface area contributed by atoms with Crippen molar-refractivity contribution >= 4 is 5.69 Å². The molecule has 0 fully saturated rings. The first-order chi connectivity index (χ1) is 10.3. The molecule has 0 spiro atoms. The van der Waals surface area contributed by atoms with Crippen molar-refractivity contribution in [1.29, 1.82) is 0 Å². The van der Waals surface area contributed by atoms with Crippen LogP contribution >= 0.6 is 0 Å². The third-order valence-corrected chi connectivity index (χ3v) is 3.08. The lowest BCUT2D eigenvalue weighted by Crippen LogP contribution is -1.99. The van der Waals surface area contributed by atoms with Crippen LogP contribution in [0.15, 0.2) is 40.8 Å². The summed E-state index contributed by atoms with van der Waals surface area (Å²) in [6.45, 7) is 0.454. The Morgan fingerprint density at radius 2 is 2.10 bits per heavy atom. The molecule has 0 bridgehead atoms. The van der Waals surface area contributed by atoms with Crippen LogP contribution in [0, 0.1) is 0 Å². The van der Waals surface area contributed by atoms with Gasteiger partial charge in [0.15, 0.2) is 5.82 Å². The molecule has 21 heavy (non-hydrogen) atoms. The summed E-state index contributed by atoms with van der Waals surface area (Å²) < 4.78 is 7.05. The van der Waals surface area contributed by atoms with Crippen molar-refractivity contribution < 1.29 is 9.52 Å². The molecule has 1 aromatic carbocycles. The number of furan rings is 1. The van der Waals surface area contributed by atoms with E-state index >= 15 is 0 Å². The Bertz CT molecular complexity index is 734. The number of nitrogens with zero attached hydrogens (tertiary/aromatic N) is 4. The fraction of sp³-hybridized carbons (Fsp3) is 0.214. The molecule has 2 N–H and O–H groups in total. The summed E-state index contributed by atoms with van der Waals surface area (Å²) >= 11 is 0. The van der Waals surface area contributed by atoms with Gasteiger partial charge in [-0.1, -0.05) is 12.1 Å². The molecular formula is C14H15N5O2. The van der Waals surface area contributed by atoms with Crippen LogP contribution in [0.4, 0.5) is 5.69 Å². The summed E-state index contributed by atoms with van der Waals surface area (Å²) in [6, 6.07) is 11.4. The third-order valence-electron chi connectivity index (χ3n) is 3.08. The molecule has 2 heterocycles. The molecule has 3 rings (SSSR count). The Labute approximate surface area is 121 Å². The van der Waals surface area contributed by atoms with Crippen LogP contribution in [0.2, 0.25) is 0 Å². The first-order valence-electron chi connectivity index (χ1n) is 6.51. The van der Waals surface area contributed by atoms with Gasteiger partial charge in [0.05, 0.1) is 6.54 Å². The van der Waals surface area contributed by atoms with Crippen LogP contribution in [-0.4, -0.2) is 25.3 Å². The lowest BCUT2D eigenvalue weighted by molar-refractivity contribution is 0.244. The normalized spacial score (nSPS) is 10.8. The molecule has 7 nitrogen and oxygen atoms in total. The van der Waals surface area contributed by atoms with Crippen molar-refractivity contribution in [2.75, 3.05) is 5.32 Å². The molecule has 0 saturated carbocycles. The molecule has 0 aliphatic carbocycles. The Morgan fingerprint density at radius 1 is 1.24 bits per heavy atom. The van der Waals surface area contributed by atoms with E-state index in [1.54, 1.807) is 17.8 Å². The summed E-state index contributed by atoms with van der Waals surface area (Å²) in [5, 5.41) is 23.7. The highest BCUT2D eigenvalue weighted by Crippen LogP contribution is 2.20. The third kappa shape index (κ3) is 2.92. The SMILES string of the molecule is Cn1nnnc1-c1cccc(NCc2ccc(CO)o2)c1. The Kier molecular flexibility index (Phi) is 3.65. The van der Waals surface area contributed by atoms with Crippen molar-refractivity contribution in [3.05, 3.63) is 47.9 Å². The highest BCUT2D eigenvalue weighted by Gasteiger charge is 2.06. The van der Waals surface area contributed by atoms with Gasteiger partial charge < -0.3 is 14.8 Å². The molecule has 3 aromatic rings. The zero-order chi connectivity index (χ0) is 14.7. The quantitative estimate of drug-likeness (QED) is 0.739. The molecule has 2 aromatic heterocycles. The summed E-state index contributed by atoms with van der Waals surface area (Å²) in [7, 11) is 1.80. The van der Waals surface area contributed by atoms with Crippen LogP contribution in [0.25, 0.3) is 11.4 Å². The Hall–Kier alpha value is -2.67. The minimum absolute atomic E-state index is 0.0886. The number of hydrogen-bond acceptors (Lipinski definition) is 6. The minimum Gasteiger partial charge on any atom is -0.462 e. The van der Waals surface area contributed by atoms with Crippen molar-refractivity contribution in [3.8, 4) is 11.4 Å². The van der Waals surface area contributed by atoms with Crippen molar-refractivity contribution in [1.82, 2.24) is 20.2 Å². The van der Waals surface area contributed by atoms with Gasteiger partial charge >= 0.3 is 0 Å². The molecule has 0 unspecified atom stereocenters. The van der Waals surface area contributed by atoms with E-state index in [-0.39, 0.29) is 6.61 Å². The molecule has 0 radical (unpaired) electrons. The van der Waals surface area contributed by atoms with Crippen LogP contribution in [0.5, 0.6) is 0 Å². The number of anilines is 1. The first-order valence-corrected chi connectivity index (χ1v) is 6.51. The maximum absolute atomic E-state index is 8.97. The van der Waals surface area contributed by atoms with Gasteiger partial charge in [0.25, 0.3) is 0 Å². The second-order valence-electron chi connectivity index (χ2n) is 4.59. The second-order valence-corrected chi connectivity index (χ2v) is 4.59. The van der Waals surface area contributed by atoms with Gasteiger partial charge in [-0.2, -0.15) is 0 Å². The van der Waals surface area contributed by atoms with Gasteiger partial charge in [-0.3, -0.25) is 0 Å². The molecular weight excluding hydrogens is 270 g/mol. The number of rotatable bonds is 5. The Morgan fingerprint density at radius 3 is 2.81 bits per heavy atom. The van der Waals surface area contributed by atoms with E-state index < -0.39 is 0 Å². The minimum atomic E-state index is -0.0886. The fourth-order valence-corrected chi connectivity index (χ4v) is 2.03. The number of aliphatic hydroxyl groups excluding tert-OH is 1. The number of benzene rings is 1. The monoisotopic (exact) mass is 285 g/mol. The predicted octanol–water partition coefficient (Wildman–Crippen LogP) is 1.57. The van der Waals surface area contributed by atoms with Gasteiger partial charge in [0.2, 0.25) is 0 Å². The van der Waals surface area contributed by atoms with Crippen molar-refractivity contribution in [2.24, 2.45) is 7.05 Å². The maximum atomic E-state index is 8.97. The van der Waals surface area contributed by atoms with Gasteiger partial charge in [-0.25, -0.2) is 4.68 Å². The zero-order valence-electron chi connectivity index (χ0n) is 11.5. The van der Waals surface area contributed by atoms with Crippen LogP contribution in [-0.2, 0) is 20.2 Å². The smallest absolute Gasteiger partial charge is 0.181 e. The van der Waals surface area contributed by atoms with Gasteiger partial charge in [0, 0.05) is 18.3 Å². The highest BCUT2D eigenvalue weighted by molar-refractivity contribution is 5.62. The van der Waals surface area contributed by atoms with Crippen LogP contribution in [0.3, 0.4) is 0 Å². The number of tetrazole rings is 1. The molecule has 0 aliphatic heterocycles. The van der Waals surface area contributed by atoms with Gasteiger partial charge in [-0.05, 0) is 34.7 Å². The summed E-state index contributed by atoms with van der Waals surface area (Å²) in [4.78, 5) is 0. The zero-order valence-corrected chi connectivity index (χ0v) is 11.5. The standard InChI is InChI=1S/C14H15N5O2/c1-19-14(16-17-18-19)10-3-2-4-11(7-10)15-8-12-5-6-13(9-20)21-12/h2-7,15,20H,8-9H2,1H3. The molecule has 0 aliphatic rings. The Balaban J connectivity index is 1.73. The van der Waals surface area contributed by atoms with E-state index in [4.69, 9.17) is 9.52 Å². The number of aliphatic hydroxyl groups is 1. The lowest BCUT2D eigenvalue weighted by atomic mass is 10.2. The number of nitrogens with one attached hydrogen (secondary N) is 1. The molecule has 0 amide bonds. The molecule has 0 saturated heterocycles. The molecule has 0 atom stereocenters. The van der Waals surface area contributed by atoms with E-state index in [1.165, 1.54) is 0 Å². The molecule has 7 heteroatoms. The largest absolute Gasteiger partial charge is 0.462 e. The first kappa shape index (κ1) is 13.3. The maximum Gasteiger partial charge on any atom is 0.181 e. The van der Waals surface area contributed by atoms with E-state index in [2.05, 4.69) is 20.8 Å². The van der Waals surface area contributed by atoms with E-state index in [1.807, 2.05) is 30.3 Å². The lowest BCUT2D eigenvalue weighted by Gasteiger charge is -2.06. The van der Waals surface area contributed by atoms with E-state index in [0.717, 1.165) is 17.0 Å². The average Bonchev–Trinajstić information content (AvgIpc) is 3.14. The van der Waals surface area contributed by atoms with Gasteiger partial charge in [0.1, 0.15) is 18.1 Å². The van der Waals surface area contributed by atoms with Crippen LogP contribution in [0.1, 0.15) is 11.5 Å². The summed E-state index contributed by atoms with van der Waals surface area (Å²) in [6.07, 6.45) is 0. The van der Waals surface area contributed by atoms with Crippen molar-refractivity contribution in [2.45, 2.75) is 13.2 Å². The van der Waals surface area contributed by atoms with Crippen molar-refractivity contribution in [3.63, 3.8) is 0 Å². The summed E-state index contributed by atoms with van der Waals surface area (Å²) in [5.74, 6) is 2.04. The number of hydrogen-bond donors (Lipinski definition) is 2. The topological polar surface area (TPSA) is 89.0 Å².